The third-order valence-electron chi connectivity index (χ3n) is 4.42. The number of hydroxylamine groups is 1. The molecule has 0 aliphatic carbocycles. The standard InChI is InChI=1S/C21H20N2O5/c1-25-18-9-5-8-15-10-16(12-26-19(15)18)21(24)27-13-17-11-22-20(23-28-17)14-6-3-2-4-7-14/h2-10,17H,11-13H2,1H3,(H,22,23)/t17-/m1/s1. The van der Waals surface area contributed by atoms with Crippen LogP contribution in [0.15, 0.2) is 59.1 Å². The van der Waals surface area contributed by atoms with Crippen LogP contribution in [0.2, 0.25) is 0 Å². The van der Waals surface area contributed by atoms with E-state index >= 15 is 0 Å². The summed E-state index contributed by atoms with van der Waals surface area (Å²) in [5.74, 6) is 1.49. The van der Waals surface area contributed by atoms with Gasteiger partial charge in [-0.2, -0.15) is 0 Å². The molecule has 0 bridgehead atoms. The largest absolute Gasteiger partial charge is 0.493 e. The maximum atomic E-state index is 12.4. The van der Waals surface area contributed by atoms with Gasteiger partial charge in [-0.3, -0.25) is 9.83 Å². The fraction of sp³-hybridized carbons (Fsp3) is 0.238. The van der Waals surface area contributed by atoms with E-state index in [-0.39, 0.29) is 19.3 Å². The van der Waals surface area contributed by atoms with E-state index in [9.17, 15) is 4.79 Å². The van der Waals surface area contributed by atoms with Crippen LogP contribution < -0.4 is 15.0 Å². The summed E-state index contributed by atoms with van der Waals surface area (Å²) in [7, 11) is 1.58. The molecular formula is C21H20N2O5. The maximum absolute atomic E-state index is 12.4. The van der Waals surface area contributed by atoms with Crippen molar-refractivity contribution in [1.82, 2.24) is 5.48 Å². The number of hydrogen-bond acceptors (Lipinski definition) is 7. The highest BCUT2D eigenvalue weighted by atomic mass is 16.7. The molecule has 0 saturated carbocycles. The summed E-state index contributed by atoms with van der Waals surface area (Å²) in [6, 6.07) is 15.2. The lowest BCUT2D eigenvalue weighted by molar-refractivity contribution is -0.144. The molecule has 4 rings (SSSR count). The summed E-state index contributed by atoms with van der Waals surface area (Å²) in [5.41, 5.74) is 4.99. The molecule has 28 heavy (non-hydrogen) atoms. The first-order valence-corrected chi connectivity index (χ1v) is 8.93. The third kappa shape index (κ3) is 3.84. The Bertz CT molecular complexity index is 924. The number of aliphatic imine (C=N–C) groups is 1. The molecule has 0 unspecified atom stereocenters. The van der Waals surface area contributed by atoms with Gasteiger partial charge in [0, 0.05) is 11.1 Å². The van der Waals surface area contributed by atoms with Crippen molar-refractivity contribution in [3.05, 3.63) is 65.2 Å². The molecule has 7 nitrogen and oxygen atoms in total. The lowest BCUT2D eigenvalue weighted by Gasteiger charge is -2.23. The van der Waals surface area contributed by atoms with Crippen molar-refractivity contribution in [2.24, 2.45) is 4.99 Å². The molecule has 0 radical (unpaired) electrons. The van der Waals surface area contributed by atoms with Crippen molar-refractivity contribution in [2.75, 3.05) is 26.9 Å². The number of ether oxygens (including phenoxy) is 3. The third-order valence-corrected chi connectivity index (χ3v) is 4.42. The molecule has 2 aliphatic heterocycles. The predicted octanol–water partition coefficient (Wildman–Crippen LogP) is 2.36. The molecule has 7 heteroatoms. The lowest BCUT2D eigenvalue weighted by Crippen LogP contribution is -2.40. The Morgan fingerprint density at radius 2 is 2.07 bits per heavy atom. The molecule has 0 fully saturated rings. The molecule has 2 aromatic rings. The van der Waals surface area contributed by atoms with Crippen molar-refractivity contribution >= 4 is 17.9 Å². The number of para-hydroxylation sites is 1. The van der Waals surface area contributed by atoms with E-state index in [4.69, 9.17) is 19.0 Å². The van der Waals surface area contributed by atoms with Gasteiger partial charge in [0.2, 0.25) is 0 Å². The van der Waals surface area contributed by atoms with Gasteiger partial charge >= 0.3 is 5.97 Å². The van der Waals surface area contributed by atoms with E-state index < -0.39 is 5.97 Å². The van der Waals surface area contributed by atoms with Gasteiger partial charge in [0.15, 0.2) is 17.3 Å². The number of carbonyl (C=O) groups is 1. The second-order valence-electron chi connectivity index (χ2n) is 6.33. The van der Waals surface area contributed by atoms with Crippen molar-refractivity contribution in [3.63, 3.8) is 0 Å². The number of fused-ring (bicyclic) bond motifs is 1. The van der Waals surface area contributed by atoms with Crippen molar-refractivity contribution in [2.45, 2.75) is 6.10 Å². The minimum Gasteiger partial charge on any atom is -0.493 e. The van der Waals surface area contributed by atoms with E-state index in [1.54, 1.807) is 13.2 Å². The zero-order chi connectivity index (χ0) is 19.3. The van der Waals surface area contributed by atoms with Crippen LogP contribution >= 0.6 is 0 Å². The maximum Gasteiger partial charge on any atom is 0.337 e. The topological polar surface area (TPSA) is 78.4 Å². The number of esters is 1. The summed E-state index contributed by atoms with van der Waals surface area (Å²) in [4.78, 5) is 22.4. The fourth-order valence-corrected chi connectivity index (χ4v) is 2.95. The van der Waals surface area contributed by atoms with Crippen LogP contribution in [0.3, 0.4) is 0 Å². The highest BCUT2D eigenvalue weighted by Crippen LogP contribution is 2.35. The molecule has 1 atom stereocenters. The van der Waals surface area contributed by atoms with Crippen LogP contribution in [-0.2, 0) is 14.4 Å². The number of nitrogens with zero attached hydrogens (tertiary/aromatic N) is 1. The summed E-state index contributed by atoms with van der Waals surface area (Å²) >= 11 is 0. The number of benzene rings is 2. The van der Waals surface area contributed by atoms with Crippen LogP contribution in [0, 0.1) is 0 Å². The van der Waals surface area contributed by atoms with Gasteiger partial charge in [-0.15, -0.1) is 0 Å². The molecular weight excluding hydrogens is 360 g/mol. The molecule has 0 spiro atoms. The molecule has 2 heterocycles. The number of rotatable bonds is 5. The van der Waals surface area contributed by atoms with E-state index in [2.05, 4.69) is 10.5 Å². The van der Waals surface area contributed by atoms with Crippen molar-refractivity contribution in [3.8, 4) is 11.5 Å². The Morgan fingerprint density at radius 1 is 1.21 bits per heavy atom. The van der Waals surface area contributed by atoms with Crippen LogP contribution in [-0.4, -0.2) is 44.8 Å². The lowest BCUT2D eigenvalue weighted by atomic mass is 10.1. The van der Waals surface area contributed by atoms with Crippen molar-refractivity contribution in [1.29, 1.82) is 0 Å². The van der Waals surface area contributed by atoms with E-state index in [0.29, 0.717) is 29.5 Å². The Kier molecular flexibility index (Phi) is 5.25. The highest BCUT2D eigenvalue weighted by molar-refractivity contribution is 5.98. The Morgan fingerprint density at radius 3 is 2.82 bits per heavy atom. The normalized spacial score (nSPS) is 18.0. The van der Waals surface area contributed by atoms with Gasteiger partial charge in [-0.25, -0.2) is 10.3 Å². The van der Waals surface area contributed by atoms with E-state index in [1.807, 2.05) is 48.5 Å². The zero-order valence-electron chi connectivity index (χ0n) is 15.4. The molecule has 2 aromatic carbocycles. The van der Waals surface area contributed by atoms with E-state index in [1.165, 1.54) is 0 Å². The van der Waals surface area contributed by atoms with Crippen molar-refractivity contribution < 1.29 is 23.8 Å². The van der Waals surface area contributed by atoms with Gasteiger partial charge in [0.1, 0.15) is 19.3 Å². The highest BCUT2D eigenvalue weighted by Gasteiger charge is 2.23. The average Bonchev–Trinajstić information content (AvgIpc) is 2.77. The second kappa shape index (κ2) is 8.14. The zero-order valence-corrected chi connectivity index (χ0v) is 15.4. The first kappa shape index (κ1) is 18.1. The smallest absolute Gasteiger partial charge is 0.337 e. The molecule has 0 saturated heterocycles. The monoisotopic (exact) mass is 380 g/mol. The number of nitrogens with one attached hydrogen (secondary N) is 1. The van der Waals surface area contributed by atoms with Crippen LogP contribution in [0.5, 0.6) is 11.5 Å². The Hall–Kier alpha value is -3.32. The predicted molar refractivity (Wildman–Crippen MR) is 103 cm³/mol. The van der Waals surface area contributed by atoms with Crippen LogP contribution in [0.1, 0.15) is 11.1 Å². The molecule has 2 aliphatic rings. The summed E-state index contributed by atoms with van der Waals surface area (Å²) in [5, 5.41) is 0. The van der Waals surface area contributed by atoms with Gasteiger partial charge in [0.05, 0.1) is 19.2 Å². The van der Waals surface area contributed by atoms with Crippen LogP contribution in [0.25, 0.3) is 6.08 Å². The molecule has 1 N–H and O–H groups in total. The molecule has 144 valence electrons. The SMILES string of the molecule is COc1cccc2c1OCC(C(=O)OC[C@H]1CN=C(c3ccccc3)NO1)=C2. The number of amidine groups is 1. The fourth-order valence-electron chi connectivity index (χ4n) is 2.95. The molecule has 0 amide bonds. The van der Waals surface area contributed by atoms with Gasteiger partial charge in [-0.05, 0) is 12.1 Å². The number of carbonyl (C=O) groups excluding carboxylic acids is 1. The minimum atomic E-state index is -0.435. The summed E-state index contributed by atoms with van der Waals surface area (Å²) in [6.45, 7) is 0.631. The van der Waals surface area contributed by atoms with Crippen LogP contribution in [0.4, 0.5) is 0 Å². The average molecular weight is 380 g/mol. The number of methoxy groups -OCH3 is 1. The molecule has 0 aromatic heterocycles. The first-order valence-electron chi connectivity index (χ1n) is 8.93. The Balaban J connectivity index is 1.34. The van der Waals surface area contributed by atoms with Gasteiger partial charge in [-0.1, -0.05) is 42.5 Å². The quantitative estimate of drug-likeness (QED) is 0.803. The summed E-state index contributed by atoms with van der Waals surface area (Å²) in [6.07, 6.45) is 1.41. The summed E-state index contributed by atoms with van der Waals surface area (Å²) < 4.78 is 16.3. The second-order valence-corrected chi connectivity index (χ2v) is 6.33. The van der Waals surface area contributed by atoms with E-state index in [0.717, 1.165) is 11.1 Å². The first-order chi connectivity index (χ1) is 13.7. The Labute approximate surface area is 162 Å². The van der Waals surface area contributed by atoms with Gasteiger partial charge < -0.3 is 14.2 Å². The van der Waals surface area contributed by atoms with Gasteiger partial charge in [0.25, 0.3) is 0 Å². The number of hydrogen-bond donors (Lipinski definition) is 1. The minimum absolute atomic E-state index is 0.0969.